The molecule has 160 valence electrons. The highest BCUT2D eigenvalue weighted by Crippen LogP contribution is 2.43. The first kappa shape index (κ1) is 20.5. The third kappa shape index (κ3) is 3.06. The molecule has 0 saturated carbocycles. The van der Waals surface area contributed by atoms with E-state index in [4.69, 9.17) is 32.4 Å². The maximum atomic E-state index is 14.9. The predicted molar refractivity (Wildman–Crippen MR) is 121 cm³/mol. The van der Waals surface area contributed by atoms with Crippen molar-refractivity contribution in [2.24, 2.45) is 0 Å². The molecule has 5 rings (SSSR count). The average molecular weight is 470 g/mol. The van der Waals surface area contributed by atoms with Crippen molar-refractivity contribution in [2.75, 3.05) is 12.0 Å². The van der Waals surface area contributed by atoms with E-state index in [1.807, 2.05) is 0 Å². The molecule has 0 N–H and O–H groups in total. The zero-order valence-corrected chi connectivity index (χ0v) is 18.1. The van der Waals surface area contributed by atoms with Crippen LogP contribution in [-0.4, -0.2) is 13.0 Å². The van der Waals surface area contributed by atoms with Gasteiger partial charge in [0.05, 0.1) is 29.1 Å². The average Bonchev–Trinajstić information content (AvgIpc) is 3.07. The lowest BCUT2D eigenvalue weighted by Gasteiger charge is -2.26. The van der Waals surface area contributed by atoms with Gasteiger partial charge in [0.25, 0.3) is 5.91 Å². The van der Waals surface area contributed by atoms with Crippen LogP contribution in [-0.2, 0) is 0 Å². The lowest BCUT2D eigenvalue weighted by atomic mass is 9.97. The minimum Gasteiger partial charge on any atom is -0.495 e. The summed E-state index contributed by atoms with van der Waals surface area (Å²) in [5, 5.41) is 0.813. The summed E-state index contributed by atoms with van der Waals surface area (Å²) in [6.45, 7) is 0. The van der Waals surface area contributed by atoms with Gasteiger partial charge in [-0.3, -0.25) is 14.5 Å². The number of nitrogens with zero attached hydrogens (tertiary/aromatic N) is 1. The number of methoxy groups -OCH3 is 1. The molecule has 32 heavy (non-hydrogen) atoms. The summed E-state index contributed by atoms with van der Waals surface area (Å²) in [5.74, 6) is -0.876. The molecule has 1 aromatic heterocycles. The second-order valence-electron chi connectivity index (χ2n) is 7.23. The summed E-state index contributed by atoms with van der Waals surface area (Å²) in [5.41, 5.74) is 0.324. The van der Waals surface area contributed by atoms with E-state index in [0.29, 0.717) is 16.5 Å². The van der Waals surface area contributed by atoms with Gasteiger partial charge in [0.1, 0.15) is 17.1 Å². The lowest BCUT2D eigenvalue weighted by Crippen LogP contribution is -2.30. The number of carbonyl (C=O) groups is 1. The van der Waals surface area contributed by atoms with Crippen LogP contribution in [0.4, 0.5) is 10.1 Å². The predicted octanol–water partition coefficient (Wildman–Crippen LogP) is 6.00. The van der Waals surface area contributed by atoms with E-state index in [0.717, 1.165) is 0 Å². The van der Waals surface area contributed by atoms with Crippen molar-refractivity contribution < 1.29 is 18.3 Å². The van der Waals surface area contributed by atoms with Gasteiger partial charge in [0.15, 0.2) is 5.43 Å². The normalized spacial score (nSPS) is 15.3. The fourth-order valence-corrected chi connectivity index (χ4v) is 4.43. The Morgan fingerprint density at radius 3 is 2.53 bits per heavy atom. The van der Waals surface area contributed by atoms with Crippen LogP contribution in [0.15, 0.2) is 69.9 Å². The molecule has 1 unspecified atom stereocenters. The topological polar surface area (TPSA) is 59.8 Å². The molecule has 4 aromatic rings. The Bertz CT molecular complexity index is 1470. The number of anilines is 1. The molecule has 0 spiro atoms. The molecule has 0 saturated heterocycles. The number of hydrogen-bond donors (Lipinski definition) is 0. The van der Waals surface area contributed by atoms with E-state index in [1.165, 1.54) is 48.4 Å². The minimum atomic E-state index is -1.05. The van der Waals surface area contributed by atoms with Gasteiger partial charge < -0.3 is 9.15 Å². The zero-order valence-electron chi connectivity index (χ0n) is 16.6. The van der Waals surface area contributed by atoms with Crippen LogP contribution in [0.2, 0.25) is 10.0 Å². The molecule has 5 nitrogen and oxygen atoms in total. The number of hydrogen-bond acceptors (Lipinski definition) is 4. The van der Waals surface area contributed by atoms with Crippen molar-refractivity contribution in [1.29, 1.82) is 0 Å². The maximum absolute atomic E-state index is 14.9. The van der Waals surface area contributed by atoms with Crippen LogP contribution in [0.3, 0.4) is 0 Å². The number of fused-ring (bicyclic) bond motifs is 2. The lowest BCUT2D eigenvalue weighted by molar-refractivity contribution is 0.0971. The minimum absolute atomic E-state index is 0.0433. The quantitative estimate of drug-likeness (QED) is 0.369. The SMILES string of the molecule is COc1ccc(N2C(=O)c3oc4ccc(Cl)cc4c(=O)c3C2c2ccccc2F)cc1Cl. The molecule has 1 amide bonds. The molecular weight excluding hydrogens is 456 g/mol. The fraction of sp³-hybridized carbons (Fsp3) is 0.0833. The summed E-state index contributed by atoms with van der Waals surface area (Å²) in [7, 11) is 1.47. The van der Waals surface area contributed by atoms with E-state index in [1.54, 1.807) is 24.3 Å². The van der Waals surface area contributed by atoms with E-state index >= 15 is 0 Å². The number of amides is 1. The molecule has 0 bridgehead atoms. The van der Waals surface area contributed by atoms with Crippen LogP contribution >= 0.6 is 23.2 Å². The van der Waals surface area contributed by atoms with Crippen LogP contribution in [0.1, 0.15) is 27.7 Å². The Labute approximate surface area is 191 Å². The second-order valence-corrected chi connectivity index (χ2v) is 8.08. The number of ether oxygens (including phenoxy) is 1. The van der Waals surface area contributed by atoms with E-state index in [9.17, 15) is 14.0 Å². The summed E-state index contributed by atoms with van der Waals surface area (Å²) in [6, 6.07) is 14.2. The monoisotopic (exact) mass is 469 g/mol. The van der Waals surface area contributed by atoms with Crippen molar-refractivity contribution in [3.8, 4) is 5.75 Å². The number of halogens is 3. The Kier molecular flexibility index (Phi) is 4.92. The summed E-state index contributed by atoms with van der Waals surface area (Å²) < 4.78 is 26.0. The number of rotatable bonds is 3. The molecule has 1 aliphatic heterocycles. The van der Waals surface area contributed by atoms with Gasteiger partial charge in [-0.15, -0.1) is 0 Å². The molecular formula is C24H14Cl2FNO4. The van der Waals surface area contributed by atoms with Crippen molar-refractivity contribution in [2.45, 2.75) is 6.04 Å². The molecule has 1 aliphatic rings. The standard InChI is InChI=1S/C24H14Cl2FNO4/c1-31-19-9-7-13(11-16(19)26)28-21(14-4-2-3-5-17(14)27)20-22(29)15-10-12(25)6-8-18(15)32-23(20)24(28)30/h2-11,21H,1H3. The number of benzene rings is 3. The van der Waals surface area contributed by atoms with E-state index in [2.05, 4.69) is 0 Å². The highest BCUT2D eigenvalue weighted by molar-refractivity contribution is 6.32. The maximum Gasteiger partial charge on any atom is 0.295 e. The highest BCUT2D eigenvalue weighted by Gasteiger charge is 2.44. The van der Waals surface area contributed by atoms with Crippen molar-refractivity contribution >= 4 is 45.8 Å². The van der Waals surface area contributed by atoms with Crippen molar-refractivity contribution in [3.63, 3.8) is 0 Å². The smallest absolute Gasteiger partial charge is 0.295 e. The van der Waals surface area contributed by atoms with Crippen LogP contribution in [0.25, 0.3) is 11.0 Å². The summed E-state index contributed by atoms with van der Waals surface area (Å²) >= 11 is 12.4. The number of carbonyl (C=O) groups excluding carboxylic acids is 1. The molecule has 8 heteroatoms. The van der Waals surface area contributed by atoms with Crippen LogP contribution in [0, 0.1) is 5.82 Å². The van der Waals surface area contributed by atoms with Gasteiger partial charge in [-0.05, 0) is 42.5 Å². The van der Waals surface area contributed by atoms with Crippen LogP contribution in [0.5, 0.6) is 5.75 Å². The Balaban J connectivity index is 1.82. The first-order valence-electron chi connectivity index (χ1n) is 9.58. The van der Waals surface area contributed by atoms with Crippen molar-refractivity contribution in [3.05, 3.63) is 104 Å². The summed E-state index contributed by atoms with van der Waals surface area (Å²) in [4.78, 5) is 28.3. The van der Waals surface area contributed by atoms with Gasteiger partial charge in [-0.2, -0.15) is 0 Å². The third-order valence-electron chi connectivity index (χ3n) is 5.45. The molecule has 0 aliphatic carbocycles. The van der Waals surface area contributed by atoms with Crippen LogP contribution < -0.4 is 15.1 Å². The second kappa shape index (κ2) is 7.65. The highest BCUT2D eigenvalue weighted by atomic mass is 35.5. The first-order valence-corrected chi connectivity index (χ1v) is 10.3. The van der Waals surface area contributed by atoms with Gasteiger partial charge >= 0.3 is 0 Å². The Morgan fingerprint density at radius 1 is 1.03 bits per heavy atom. The molecule has 2 heterocycles. The largest absolute Gasteiger partial charge is 0.495 e. The van der Waals surface area contributed by atoms with Gasteiger partial charge in [0, 0.05) is 16.3 Å². The molecule has 3 aromatic carbocycles. The Morgan fingerprint density at radius 2 is 1.81 bits per heavy atom. The van der Waals surface area contributed by atoms with Crippen molar-refractivity contribution in [1.82, 2.24) is 0 Å². The summed E-state index contributed by atoms with van der Waals surface area (Å²) in [6.07, 6.45) is 0. The molecule has 0 radical (unpaired) electrons. The Hall–Kier alpha value is -3.35. The zero-order chi connectivity index (χ0) is 22.6. The molecule has 1 atom stereocenters. The fourth-order valence-electron chi connectivity index (χ4n) is 4.01. The van der Waals surface area contributed by atoms with Gasteiger partial charge in [0.2, 0.25) is 5.76 Å². The van der Waals surface area contributed by atoms with Gasteiger partial charge in [-0.1, -0.05) is 41.4 Å². The van der Waals surface area contributed by atoms with E-state index < -0.39 is 23.2 Å². The van der Waals surface area contributed by atoms with Gasteiger partial charge in [-0.25, -0.2) is 4.39 Å². The first-order chi connectivity index (χ1) is 15.4. The van der Waals surface area contributed by atoms with E-state index in [-0.39, 0.29) is 32.9 Å². The molecule has 0 fully saturated rings. The third-order valence-corrected chi connectivity index (χ3v) is 5.98.